The van der Waals surface area contributed by atoms with Crippen LogP contribution in [-0.2, 0) is 0 Å². The van der Waals surface area contributed by atoms with Gasteiger partial charge in [0.15, 0.2) is 0 Å². The highest BCUT2D eigenvalue weighted by Crippen LogP contribution is 2.07. The van der Waals surface area contributed by atoms with Crippen molar-refractivity contribution in [2.45, 2.75) is 52.9 Å². The molecule has 0 aliphatic carbocycles. The van der Waals surface area contributed by atoms with Crippen molar-refractivity contribution in [1.29, 1.82) is 0 Å². The van der Waals surface area contributed by atoms with Crippen LogP contribution in [0.15, 0.2) is 0 Å². The van der Waals surface area contributed by atoms with E-state index >= 15 is 0 Å². The van der Waals surface area contributed by atoms with Gasteiger partial charge in [0.05, 0.1) is 0 Å². The first-order valence-corrected chi connectivity index (χ1v) is 6.59. The summed E-state index contributed by atoms with van der Waals surface area (Å²) in [5, 5.41) is 3.53. The SMILES string of the molecule is CC(C)C(C)CNCCCCCCCN. The van der Waals surface area contributed by atoms with E-state index in [1.165, 1.54) is 45.2 Å². The van der Waals surface area contributed by atoms with Crippen LogP contribution in [0.5, 0.6) is 0 Å². The van der Waals surface area contributed by atoms with E-state index in [0.717, 1.165) is 18.4 Å². The Kier molecular flexibility index (Phi) is 10.4. The molecule has 0 bridgehead atoms. The summed E-state index contributed by atoms with van der Waals surface area (Å²) >= 11 is 0. The van der Waals surface area contributed by atoms with Gasteiger partial charge in [-0.25, -0.2) is 0 Å². The molecular formula is C13H30N2. The smallest absolute Gasteiger partial charge is 0.00207 e. The molecule has 0 heterocycles. The molecule has 0 amide bonds. The minimum absolute atomic E-state index is 0.794. The number of unbranched alkanes of at least 4 members (excludes halogenated alkanes) is 4. The zero-order valence-electron chi connectivity index (χ0n) is 10.9. The molecule has 15 heavy (non-hydrogen) atoms. The average molecular weight is 214 g/mol. The Morgan fingerprint density at radius 3 is 2.13 bits per heavy atom. The lowest BCUT2D eigenvalue weighted by molar-refractivity contribution is 0.390. The fourth-order valence-electron chi connectivity index (χ4n) is 1.49. The highest BCUT2D eigenvalue weighted by atomic mass is 14.8. The molecule has 2 nitrogen and oxygen atoms in total. The molecule has 3 N–H and O–H groups in total. The standard InChI is InChI=1S/C13H30N2/c1-12(2)13(3)11-15-10-8-6-4-5-7-9-14/h12-13,15H,4-11,14H2,1-3H3. The van der Waals surface area contributed by atoms with E-state index in [1.54, 1.807) is 0 Å². The first kappa shape index (κ1) is 14.9. The summed E-state index contributed by atoms with van der Waals surface area (Å²) in [5.74, 6) is 1.59. The summed E-state index contributed by atoms with van der Waals surface area (Å²) in [7, 11) is 0. The average Bonchev–Trinajstić information content (AvgIpc) is 2.21. The zero-order chi connectivity index (χ0) is 11.5. The molecule has 0 aromatic heterocycles. The number of hydrogen-bond acceptors (Lipinski definition) is 2. The van der Waals surface area contributed by atoms with E-state index in [9.17, 15) is 0 Å². The van der Waals surface area contributed by atoms with Crippen molar-refractivity contribution in [3.8, 4) is 0 Å². The first-order chi connectivity index (χ1) is 7.18. The summed E-state index contributed by atoms with van der Waals surface area (Å²) in [4.78, 5) is 0. The van der Waals surface area contributed by atoms with E-state index < -0.39 is 0 Å². The van der Waals surface area contributed by atoms with E-state index in [4.69, 9.17) is 5.73 Å². The molecule has 2 heteroatoms. The van der Waals surface area contributed by atoms with E-state index in [0.29, 0.717) is 0 Å². The molecule has 0 aromatic rings. The first-order valence-electron chi connectivity index (χ1n) is 6.59. The van der Waals surface area contributed by atoms with E-state index in [-0.39, 0.29) is 0 Å². The zero-order valence-corrected chi connectivity index (χ0v) is 10.9. The molecular weight excluding hydrogens is 184 g/mol. The fraction of sp³-hybridized carbons (Fsp3) is 1.00. The second-order valence-corrected chi connectivity index (χ2v) is 4.98. The molecule has 0 aliphatic heterocycles. The van der Waals surface area contributed by atoms with Crippen LogP contribution in [0.3, 0.4) is 0 Å². The third kappa shape index (κ3) is 10.2. The molecule has 0 spiro atoms. The predicted molar refractivity (Wildman–Crippen MR) is 69.0 cm³/mol. The Labute approximate surface area is 96.0 Å². The van der Waals surface area contributed by atoms with Gasteiger partial charge < -0.3 is 11.1 Å². The maximum atomic E-state index is 5.44. The molecule has 0 aliphatic rings. The Morgan fingerprint density at radius 2 is 1.53 bits per heavy atom. The van der Waals surface area contributed by atoms with Crippen LogP contribution in [0.25, 0.3) is 0 Å². The van der Waals surface area contributed by atoms with E-state index in [2.05, 4.69) is 26.1 Å². The number of hydrogen-bond donors (Lipinski definition) is 2. The van der Waals surface area contributed by atoms with Gasteiger partial charge >= 0.3 is 0 Å². The van der Waals surface area contributed by atoms with Crippen molar-refractivity contribution in [3.63, 3.8) is 0 Å². The van der Waals surface area contributed by atoms with Gasteiger partial charge in [-0.2, -0.15) is 0 Å². The lowest BCUT2D eigenvalue weighted by Gasteiger charge is -2.15. The van der Waals surface area contributed by atoms with Gasteiger partial charge in [0.25, 0.3) is 0 Å². The number of nitrogens with two attached hydrogens (primary N) is 1. The van der Waals surface area contributed by atoms with Gasteiger partial charge in [-0.3, -0.25) is 0 Å². The molecule has 0 rings (SSSR count). The largest absolute Gasteiger partial charge is 0.330 e. The van der Waals surface area contributed by atoms with Crippen molar-refractivity contribution < 1.29 is 0 Å². The second kappa shape index (κ2) is 10.4. The van der Waals surface area contributed by atoms with Crippen LogP contribution in [0.4, 0.5) is 0 Å². The number of nitrogens with one attached hydrogen (secondary N) is 1. The van der Waals surface area contributed by atoms with Crippen LogP contribution in [0.1, 0.15) is 52.9 Å². The van der Waals surface area contributed by atoms with Gasteiger partial charge in [0.1, 0.15) is 0 Å². The molecule has 0 saturated heterocycles. The fourth-order valence-corrected chi connectivity index (χ4v) is 1.49. The lowest BCUT2D eigenvalue weighted by atomic mass is 9.98. The summed E-state index contributed by atoms with van der Waals surface area (Å²) in [6, 6.07) is 0. The minimum Gasteiger partial charge on any atom is -0.330 e. The lowest BCUT2D eigenvalue weighted by Crippen LogP contribution is -2.25. The van der Waals surface area contributed by atoms with Crippen molar-refractivity contribution in [1.82, 2.24) is 5.32 Å². The summed E-state index contributed by atoms with van der Waals surface area (Å²) in [5.41, 5.74) is 5.44. The number of rotatable bonds is 10. The third-order valence-electron chi connectivity index (χ3n) is 3.16. The Hall–Kier alpha value is -0.0800. The van der Waals surface area contributed by atoms with E-state index in [1.807, 2.05) is 0 Å². The van der Waals surface area contributed by atoms with Crippen LogP contribution in [-0.4, -0.2) is 19.6 Å². The van der Waals surface area contributed by atoms with Gasteiger partial charge in [0, 0.05) is 0 Å². The normalized spacial score (nSPS) is 13.4. The Morgan fingerprint density at radius 1 is 0.933 bits per heavy atom. The van der Waals surface area contributed by atoms with Crippen molar-refractivity contribution >= 4 is 0 Å². The molecule has 1 atom stereocenters. The topological polar surface area (TPSA) is 38.0 Å². The van der Waals surface area contributed by atoms with Crippen LogP contribution in [0.2, 0.25) is 0 Å². The molecule has 0 fully saturated rings. The van der Waals surface area contributed by atoms with Gasteiger partial charge in [-0.1, -0.05) is 40.0 Å². The van der Waals surface area contributed by atoms with Gasteiger partial charge in [0.2, 0.25) is 0 Å². The summed E-state index contributed by atoms with van der Waals surface area (Å²) < 4.78 is 0. The monoisotopic (exact) mass is 214 g/mol. The molecule has 0 saturated carbocycles. The second-order valence-electron chi connectivity index (χ2n) is 4.98. The molecule has 92 valence electrons. The molecule has 1 unspecified atom stereocenters. The maximum Gasteiger partial charge on any atom is -0.00207 e. The Bertz CT molecular complexity index is 124. The third-order valence-corrected chi connectivity index (χ3v) is 3.16. The quantitative estimate of drug-likeness (QED) is 0.549. The minimum atomic E-state index is 0.794. The van der Waals surface area contributed by atoms with Gasteiger partial charge in [-0.05, 0) is 44.3 Å². The van der Waals surface area contributed by atoms with Gasteiger partial charge in [-0.15, -0.1) is 0 Å². The highest BCUT2D eigenvalue weighted by molar-refractivity contribution is 4.60. The summed E-state index contributed by atoms with van der Waals surface area (Å²) in [6.07, 6.45) is 6.51. The van der Waals surface area contributed by atoms with Crippen LogP contribution >= 0.6 is 0 Å². The van der Waals surface area contributed by atoms with Crippen molar-refractivity contribution in [2.75, 3.05) is 19.6 Å². The maximum absolute atomic E-state index is 5.44. The Balaban J connectivity index is 3.05. The van der Waals surface area contributed by atoms with Crippen LogP contribution in [0, 0.1) is 11.8 Å². The molecule has 0 radical (unpaired) electrons. The predicted octanol–water partition coefficient (Wildman–Crippen LogP) is 2.78. The van der Waals surface area contributed by atoms with Crippen molar-refractivity contribution in [2.24, 2.45) is 17.6 Å². The summed E-state index contributed by atoms with van der Waals surface area (Å²) in [6.45, 7) is 10.1. The highest BCUT2D eigenvalue weighted by Gasteiger charge is 2.05. The molecule has 0 aromatic carbocycles. The van der Waals surface area contributed by atoms with Crippen molar-refractivity contribution in [3.05, 3.63) is 0 Å². The van der Waals surface area contributed by atoms with Crippen LogP contribution < -0.4 is 11.1 Å².